The SMILES string of the molecule is Cl.[Ca+2].[Cl-].[H-].[H-].[Rb+]. The molecule has 0 heterocycles. The standard InChI is InChI=1S/Ca.2ClH.Rb.2H/h;2*1H;;;/q+2;;;+1;2*-1/p-1. The van der Waals surface area contributed by atoms with Crippen molar-refractivity contribution < 1.29 is 73.4 Å². The second kappa shape index (κ2) is 15.9. The summed E-state index contributed by atoms with van der Waals surface area (Å²) >= 11 is 0. The number of rotatable bonds is 0. The molecule has 4 heteroatoms. The molecule has 0 amide bonds. The Kier molecular flexibility index (Phi) is 101. The van der Waals surface area contributed by atoms with Gasteiger partial charge in [0, 0.05) is 0 Å². The molecule has 0 aromatic rings. The van der Waals surface area contributed by atoms with Gasteiger partial charge in [-0.3, -0.25) is 0 Å². The molecule has 0 nitrogen and oxygen atoms in total. The van der Waals surface area contributed by atoms with Crippen molar-refractivity contribution in [2.24, 2.45) is 0 Å². The van der Waals surface area contributed by atoms with Gasteiger partial charge in [0.2, 0.25) is 0 Å². The van der Waals surface area contributed by atoms with Crippen molar-refractivity contribution in [3.63, 3.8) is 0 Å². The summed E-state index contributed by atoms with van der Waals surface area (Å²) in [6.07, 6.45) is 0. The molecule has 0 unspecified atom stereocenters. The van der Waals surface area contributed by atoms with Crippen LogP contribution in [0.2, 0.25) is 0 Å². The zero-order chi connectivity index (χ0) is 0. The minimum atomic E-state index is 0. The van der Waals surface area contributed by atoms with Crippen molar-refractivity contribution in [3.8, 4) is 0 Å². The average Bonchev–Trinajstić information content (AvgIpc) is 0. The summed E-state index contributed by atoms with van der Waals surface area (Å²) in [5.74, 6) is 0. The Morgan fingerprint density at radius 2 is 1.25 bits per heavy atom. The van der Waals surface area contributed by atoms with Gasteiger partial charge in [0.25, 0.3) is 0 Å². The van der Waals surface area contributed by atoms with Crippen LogP contribution < -0.4 is 70.6 Å². The third kappa shape index (κ3) is 9.17. The van der Waals surface area contributed by atoms with E-state index < -0.39 is 0 Å². The van der Waals surface area contributed by atoms with E-state index in [-0.39, 0.29) is 124 Å². The molecule has 0 saturated heterocycles. The Hall–Kier alpha value is 3.64. The van der Waals surface area contributed by atoms with Gasteiger partial charge < -0.3 is 15.3 Å². The summed E-state index contributed by atoms with van der Waals surface area (Å²) in [6.45, 7) is 0. The van der Waals surface area contributed by atoms with E-state index in [1.165, 1.54) is 0 Å². The molecule has 0 spiro atoms. The van der Waals surface area contributed by atoms with Gasteiger partial charge in [0.05, 0.1) is 0 Å². The maximum absolute atomic E-state index is 0. The maximum Gasteiger partial charge on any atom is 2.00 e. The second-order valence-electron chi connectivity index (χ2n) is 0. The predicted octanol–water partition coefficient (Wildman–Crippen LogP) is -5.73. The largest absolute Gasteiger partial charge is 2.00 e. The molecule has 0 fully saturated rings. The van der Waals surface area contributed by atoms with Crippen molar-refractivity contribution in [3.05, 3.63) is 0 Å². The van der Waals surface area contributed by atoms with Crippen molar-refractivity contribution in [1.82, 2.24) is 0 Å². The molecule has 0 aromatic carbocycles. The summed E-state index contributed by atoms with van der Waals surface area (Å²) in [5, 5.41) is 0. The van der Waals surface area contributed by atoms with Crippen LogP contribution in [0.1, 0.15) is 2.85 Å². The Morgan fingerprint density at radius 1 is 1.25 bits per heavy atom. The van der Waals surface area contributed by atoms with Crippen molar-refractivity contribution >= 4 is 50.1 Å². The summed E-state index contributed by atoms with van der Waals surface area (Å²) < 4.78 is 0. The van der Waals surface area contributed by atoms with Gasteiger partial charge in [-0.15, -0.1) is 12.4 Å². The van der Waals surface area contributed by atoms with E-state index in [9.17, 15) is 0 Å². The third-order valence-corrected chi connectivity index (χ3v) is 0. The van der Waals surface area contributed by atoms with E-state index in [1.807, 2.05) is 0 Å². The summed E-state index contributed by atoms with van der Waals surface area (Å²) in [6, 6.07) is 0. The van der Waals surface area contributed by atoms with Crippen LogP contribution in [0.5, 0.6) is 0 Å². The third-order valence-electron chi connectivity index (χ3n) is 0. The smallest absolute Gasteiger partial charge is 1.00 e. The molecule has 0 aliphatic rings. The van der Waals surface area contributed by atoms with Crippen LogP contribution in [0, 0.1) is 0 Å². The normalized spacial score (nSPS) is 0. The van der Waals surface area contributed by atoms with E-state index in [0.29, 0.717) is 0 Å². The van der Waals surface area contributed by atoms with Crippen LogP contribution >= 0.6 is 12.4 Å². The first-order valence-electron chi connectivity index (χ1n) is 0. The topological polar surface area (TPSA) is 0 Å². The zero-order valence-electron chi connectivity index (χ0n) is 4.49. The van der Waals surface area contributed by atoms with Crippen LogP contribution in [-0.4, -0.2) is 37.7 Å². The Morgan fingerprint density at radius 3 is 1.25 bits per heavy atom. The van der Waals surface area contributed by atoms with Crippen LogP contribution in [0.25, 0.3) is 0 Å². The van der Waals surface area contributed by atoms with Gasteiger partial charge in [0.1, 0.15) is 0 Å². The van der Waals surface area contributed by atoms with E-state index >= 15 is 0 Å². The maximum atomic E-state index is 0. The van der Waals surface area contributed by atoms with Gasteiger partial charge >= 0.3 is 95.9 Å². The summed E-state index contributed by atoms with van der Waals surface area (Å²) in [5.41, 5.74) is 0. The molecule has 0 saturated carbocycles. The fourth-order valence-electron chi connectivity index (χ4n) is 0. The van der Waals surface area contributed by atoms with Gasteiger partial charge in [-0.25, -0.2) is 0 Å². The molecule has 0 bridgehead atoms. The van der Waals surface area contributed by atoms with Crippen LogP contribution in [0.15, 0.2) is 0 Å². The van der Waals surface area contributed by atoms with Gasteiger partial charge in [-0.1, -0.05) is 0 Å². The van der Waals surface area contributed by atoms with E-state index in [0.717, 1.165) is 0 Å². The zero-order valence-corrected chi connectivity index (χ0v) is 11.2. The number of halogens is 2. The first-order chi connectivity index (χ1) is 0. The Bertz CT molecular complexity index is 11.5. The second-order valence-corrected chi connectivity index (χ2v) is 0. The fraction of sp³-hybridized carbons (Fsp3) is 0. The molecular formula is H3CaCl2Rb. The molecule has 0 aliphatic carbocycles. The Labute approximate surface area is 120 Å². The molecule has 0 aromatic heterocycles. The summed E-state index contributed by atoms with van der Waals surface area (Å²) in [7, 11) is 0. The van der Waals surface area contributed by atoms with E-state index in [2.05, 4.69) is 0 Å². The molecule has 0 rings (SSSR count). The molecule has 4 heavy (non-hydrogen) atoms. The van der Waals surface area contributed by atoms with Crippen LogP contribution in [0.3, 0.4) is 0 Å². The van der Waals surface area contributed by atoms with E-state index in [4.69, 9.17) is 0 Å². The fourth-order valence-corrected chi connectivity index (χ4v) is 0. The first-order valence-corrected chi connectivity index (χ1v) is 0. The molecule has 0 radical (unpaired) electrons. The van der Waals surface area contributed by atoms with Crippen molar-refractivity contribution in [2.75, 3.05) is 0 Å². The van der Waals surface area contributed by atoms with Gasteiger partial charge in [-0.05, 0) is 0 Å². The molecule has 0 aliphatic heterocycles. The minimum Gasteiger partial charge on any atom is -1.00 e. The van der Waals surface area contributed by atoms with Crippen LogP contribution in [-0.2, 0) is 0 Å². The number of hydrogen-bond donors (Lipinski definition) is 0. The average molecular weight is 199 g/mol. The molecular weight excluding hydrogens is 196 g/mol. The van der Waals surface area contributed by atoms with Crippen LogP contribution in [0.4, 0.5) is 0 Å². The van der Waals surface area contributed by atoms with E-state index in [1.54, 1.807) is 0 Å². The molecule has 0 N–H and O–H groups in total. The monoisotopic (exact) mass is 198 g/mol. The molecule has 20 valence electrons. The number of hydrogen-bond acceptors (Lipinski definition) is 0. The van der Waals surface area contributed by atoms with Gasteiger partial charge in [0.15, 0.2) is 0 Å². The van der Waals surface area contributed by atoms with Crippen molar-refractivity contribution in [1.29, 1.82) is 0 Å². The van der Waals surface area contributed by atoms with Crippen molar-refractivity contribution in [2.45, 2.75) is 0 Å². The molecule has 0 atom stereocenters. The van der Waals surface area contributed by atoms with Gasteiger partial charge in [-0.2, -0.15) is 0 Å². The quantitative estimate of drug-likeness (QED) is 0.341. The predicted molar refractivity (Wildman–Crippen MR) is 15.2 cm³/mol. The Balaban J connectivity index is 0. The minimum absolute atomic E-state index is 0. The summed E-state index contributed by atoms with van der Waals surface area (Å²) in [4.78, 5) is 0. The first kappa shape index (κ1) is 25.4.